The highest BCUT2D eigenvalue weighted by Gasteiger charge is 2.23. The topological polar surface area (TPSA) is 33.5 Å². The molecule has 0 saturated carbocycles. The smallest absolute Gasteiger partial charge is 0.224 e. The van der Waals surface area contributed by atoms with Crippen LogP contribution < -0.4 is 10.2 Å². The van der Waals surface area contributed by atoms with Gasteiger partial charge in [-0.05, 0) is 17.7 Å². The first-order valence-corrected chi connectivity index (χ1v) is 9.46. The van der Waals surface area contributed by atoms with Gasteiger partial charge >= 0.3 is 0 Å². The average molecular weight is 378 g/mol. The summed E-state index contributed by atoms with van der Waals surface area (Å²) in [6.07, 6.45) is 2.33. The van der Waals surface area contributed by atoms with Crippen LogP contribution in [0.4, 0.5) is 0 Å². The number of hydrogen-bond acceptors (Lipinski definition) is 1. The van der Waals surface area contributed by atoms with Gasteiger partial charge in [-0.3, -0.25) is 4.79 Å². The lowest BCUT2D eigenvalue weighted by Gasteiger charge is -2.30. The third-order valence-electron chi connectivity index (χ3n) is 4.72. The number of carbonyl (C=O) groups excluding carboxylic acids is 1. The number of nitrogens with one attached hydrogen (secondary N) is 2. The molecule has 1 heterocycles. The van der Waals surface area contributed by atoms with Gasteiger partial charge in [0.1, 0.15) is 6.54 Å². The molecule has 0 radical (unpaired) electrons. The van der Waals surface area contributed by atoms with E-state index in [1.54, 1.807) is 17.0 Å². The molecule has 1 aliphatic heterocycles. The monoisotopic (exact) mass is 377 g/mol. The molecule has 0 aromatic heterocycles. The van der Waals surface area contributed by atoms with Gasteiger partial charge in [0.25, 0.3) is 0 Å². The number of amides is 1. The van der Waals surface area contributed by atoms with Crippen LogP contribution in [0.15, 0.2) is 48.5 Å². The summed E-state index contributed by atoms with van der Waals surface area (Å²) in [5, 5.41) is 4.28. The highest BCUT2D eigenvalue weighted by molar-refractivity contribution is 6.35. The molecule has 0 aliphatic carbocycles. The van der Waals surface area contributed by atoms with Crippen molar-refractivity contribution in [2.75, 3.05) is 13.1 Å². The third-order valence-corrected chi connectivity index (χ3v) is 5.31. The lowest BCUT2D eigenvalue weighted by molar-refractivity contribution is -0.918. The van der Waals surface area contributed by atoms with Crippen LogP contribution in [0.3, 0.4) is 0 Å². The fourth-order valence-electron chi connectivity index (χ4n) is 3.35. The molecule has 0 atom stereocenters. The zero-order valence-electron chi connectivity index (χ0n) is 14.1. The molecule has 3 rings (SSSR count). The maximum atomic E-state index is 12.3. The minimum absolute atomic E-state index is 0.0285. The Hall–Kier alpha value is -1.55. The number of halogens is 2. The quantitative estimate of drug-likeness (QED) is 0.824. The van der Waals surface area contributed by atoms with Crippen molar-refractivity contribution in [3.63, 3.8) is 0 Å². The van der Waals surface area contributed by atoms with Crippen LogP contribution >= 0.6 is 23.2 Å². The molecule has 3 nitrogen and oxygen atoms in total. The van der Waals surface area contributed by atoms with Crippen LogP contribution in [-0.2, 0) is 17.8 Å². The first-order valence-electron chi connectivity index (χ1n) is 8.71. The summed E-state index contributed by atoms with van der Waals surface area (Å²) in [4.78, 5) is 13.9. The van der Waals surface area contributed by atoms with E-state index in [0.717, 1.165) is 38.0 Å². The van der Waals surface area contributed by atoms with Crippen LogP contribution in [-0.4, -0.2) is 25.0 Å². The van der Waals surface area contributed by atoms with Crippen molar-refractivity contribution in [1.29, 1.82) is 0 Å². The molecule has 5 heteroatoms. The van der Waals surface area contributed by atoms with E-state index in [4.69, 9.17) is 23.2 Å². The van der Waals surface area contributed by atoms with Crippen molar-refractivity contribution in [3.05, 3.63) is 69.7 Å². The lowest BCUT2D eigenvalue weighted by atomic mass is 10.0. The summed E-state index contributed by atoms with van der Waals surface area (Å²) in [5.41, 5.74) is 2.19. The Balaban J connectivity index is 1.44. The first-order chi connectivity index (χ1) is 12.1. The van der Waals surface area contributed by atoms with Gasteiger partial charge in [0.2, 0.25) is 5.91 Å². The van der Waals surface area contributed by atoms with E-state index in [1.807, 2.05) is 12.1 Å². The van der Waals surface area contributed by atoms with E-state index in [1.165, 1.54) is 5.56 Å². The number of carbonyl (C=O) groups is 1. The second-order valence-corrected chi connectivity index (χ2v) is 7.51. The van der Waals surface area contributed by atoms with Crippen molar-refractivity contribution in [1.82, 2.24) is 5.32 Å². The molecule has 1 aliphatic rings. The zero-order valence-corrected chi connectivity index (χ0v) is 15.6. The summed E-state index contributed by atoms with van der Waals surface area (Å²) in [6, 6.07) is 16.1. The normalized spacial score (nSPS) is 20.2. The average Bonchev–Trinajstić information content (AvgIpc) is 2.60. The second-order valence-electron chi connectivity index (χ2n) is 6.67. The van der Waals surface area contributed by atoms with Crippen molar-refractivity contribution < 1.29 is 9.69 Å². The van der Waals surface area contributed by atoms with Crippen LogP contribution in [0.5, 0.6) is 0 Å². The summed E-state index contributed by atoms with van der Waals surface area (Å²) < 4.78 is 0. The summed E-state index contributed by atoms with van der Waals surface area (Å²) in [6.45, 7) is 3.23. The van der Waals surface area contributed by atoms with Gasteiger partial charge in [0.15, 0.2) is 0 Å². The molecule has 1 amide bonds. The summed E-state index contributed by atoms with van der Waals surface area (Å²) >= 11 is 12.0. The maximum absolute atomic E-state index is 12.3. The van der Waals surface area contributed by atoms with E-state index < -0.39 is 0 Å². The summed E-state index contributed by atoms with van der Waals surface area (Å²) in [7, 11) is 0. The number of benzene rings is 2. The Labute approximate surface area is 158 Å². The SMILES string of the molecule is O=C(Cc1ccc(Cl)cc1Cl)NC1CC[NH+](Cc2ccccc2)CC1. The highest BCUT2D eigenvalue weighted by atomic mass is 35.5. The maximum Gasteiger partial charge on any atom is 0.224 e. The molecule has 2 aromatic rings. The molecule has 0 spiro atoms. The van der Waals surface area contributed by atoms with Gasteiger partial charge in [-0.25, -0.2) is 0 Å². The molecular formula is C20H23Cl2N2O+. The van der Waals surface area contributed by atoms with E-state index >= 15 is 0 Å². The van der Waals surface area contributed by atoms with Crippen molar-refractivity contribution >= 4 is 29.1 Å². The molecule has 25 heavy (non-hydrogen) atoms. The van der Waals surface area contributed by atoms with Crippen LogP contribution in [0.2, 0.25) is 10.0 Å². The molecule has 1 fully saturated rings. The molecular weight excluding hydrogens is 355 g/mol. The Morgan fingerprint density at radius 3 is 2.48 bits per heavy atom. The Morgan fingerprint density at radius 2 is 1.80 bits per heavy atom. The van der Waals surface area contributed by atoms with Gasteiger partial charge in [0.05, 0.1) is 19.5 Å². The number of hydrogen-bond donors (Lipinski definition) is 2. The van der Waals surface area contributed by atoms with Crippen molar-refractivity contribution in [3.8, 4) is 0 Å². The Morgan fingerprint density at radius 1 is 1.08 bits per heavy atom. The van der Waals surface area contributed by atoms with Crippen LogP contribution in [0.1, 0.15) is 24.0 Å². The minimum Gasteiger partial charge on any atom is -0.353 e. The van der Waals surface area contributed by atoms with E-state index in [0.29, 0.717) is 16.5 Å². The largest absolute Gasteiger partial charge is 0.353 e. The first kappa shape index (κ1) is 18.2. The van der Waals surface area contributed by atoms with Gasteiger partial charge < -0.3 is 10.2 Å². The van der Waals surface area contributed by atoms with Crippen molar-refractivity contribution in [2.45, 2.75) is 31.8 Å². The van der Waals surface area contributed by atoms with Gasteiger partial charge in [-0.1, -0.05) is 59.6 Å². The Kier molecular flexibility index (Phi) is 6.35. The third kappa shape index (κ3) is 5.46. The van der Waals surface area contributed by atoms with E-state index in [2.05, 4.69) is 29.6 Å². The molecule has 0 bridgehead atoms. The minimum atomic E-state index is 0.0285. The fraction of sp³-hybridized carbons (Fsp3) is 0.350. The fourth-order valence-corrected chi connectivity index (χ4v) is 3.82. The van der Waals surface area contributed by atoms with Crippen LogP contribution in [0, 0.1) is 0 Å². The zero-order chi connectivity index (χ0) is 17.6. The lowest BCUT2D eigenvalue weighted by Crippen LogP contribution is -3.12. The number of rotatable bonds is 5. The predicted molar refractivity (Wildman–Crippen MR) is 102 cm³/mol. The van der Waals surface area contributed by atoms with Gasteiger partial charge in [-0.15, -0.1) is 0 Å². The summed E-state index contributed by atoms with van der Waals surface area (Å²) in [5.74, 6) is 0.0285. The number of quaternary nitrogens is 1. The van der Waals surface area contributed by atoms with Gasteiger partial charge in [-0.2, -0.15) is 0 Å². The number of piperidine rings is 1. The molecule has 2 aromatic carbocycles. The van der Waals surface area contributed by atoms with E-state index in [9.17, 15) is 4.79 Å². The molecule has 2 N–H and O–H groups in total. The molecule has 1 saturated heterocycles. The standard InChI is InChI=1S/C20H22Cl2N2O/c21-17-7-6-16(19(22)13-17)12-20(25)23-18-8-10-24(11-9-18)14-15-4-2-1-3-5-15/h1-7,13,18H,8-12,14H2,(H,23,25)/p+1. The van der Waals surface area contributed by atoms with E-state index in [-0.39, 0.29) is 11.9 Å². The molecule has 132 valence electrons. The number of likely N-dealkylation sites (tertiary alicyclic amines) is 1. The second kappa shape index (κ2) is 8.70. The molecule has 0 unspecified atom stereocenters. The predicted octanol–water partition coefficient (Wildman–Crippen LogP) is 2.90. The van der Waals surface area contributed by atoms with Gasteiger partial charge in [0, 0.05) is 34.5 Å². The van der Waals surface area contributed by atoms with Crippen LogP contribution in [0.25, 0.3) is 0 Å². The Bertz CT molecular complexity index is 713. The van der Waals surface area contributed by atoms with Crippen molar-refractivity contribution in [2.24, 2.45) is 0 Å². The highest BCUT2D eigenvalue weighted by Crippen LogP contribution is 2.21.